The first-order valence-electron chi connectivity index (χ1n) is 12.3. The quantitative estimate of drug-likeness (QED) is 0.595. The molecule has 1 N–H and O–H groups in total. The summed E-state index contributed by atoms with van der Waals surface area (Å²) in [6, 6.07) is 11.5. The molecule has 1 amide bonds. The van der Waals surface area contributed by atoms with Gasteiger partial charge in [-0.15, -0.1) is 0 Å². The van der Waals surface area contributed by atoms with Crippen LogP contribution >= 0.6 is 0 Å². The van der Waals surface area contributed by atoms with Crippen molar-refractivity contribution in [2.75, 3.05) is 6.54 Å². The van der Waals surface area contributed by atoms with Crippen LogP contribution in [0.25, 0.3) is 0 Å². The smallest absolute Gasteiger partial charge is 0.217 e. The Balaban J connectivity index is 1.65. The number of carbonyl (C=O) groups is 1. The molecule has 32 heavy (non-hydrogen) atoms. The number of hydrogen-bond donors (Lipinski definition) is 1. The molecule has 0 aromatic heterocycles. The molecule has 1 aromatic rings. The van der Waals surface area contributed by atoms with E-state index in [1.165, 1.54) is 5.56 Å². The van der Waals surface area contributed by atoms with Gasteiger partial charge in [0.1, 0.15) is 0 Å². The number of hydrogen-bond acceptors (Lipinski definition) is 3. The molecule has 1 unspecified atom stereocenters. The maximum absolute atomic E-state index is 12.3. The lowest BCUT2D eigenvalue weighted by molar-refractivity contribution is -0.120. The van der Waals surface area contributed by atoms with Crippen LogP contribution < -0.4 is 5.32 Å². The fourth-order valence-electron chi connectivity index (χ4n) is 7.18. The molecule has 2 fully saturated rings. The van der Waals surface area contributed by atoms with Crippen LogP contribution in [0.15, 0.2) is 54.6 Å². The molecule has 1 aromatic carbocycles. The predicted octanol–water partition coefficient (Wildman–Crippen LogP) is 4.96. The molecule has 2 saturated carbocycles. The monoisotopic (exact) mass is 436 g/mol. The van der Waals surface area contributed by atoms with Crippen LogP contribution in [0.4, 0.5) is 0 Å². The van der Waals surface area contributed by atoms with Gasteiger partial charge in [0.2, 0.25) is 5.91 Å². The normalized spacial score (nSPS) is 34.8. The van der Waals surface area contributed by atoms with Crippen molar-refractivity contribution in [3.63, 3.8) is 0 Å². The Morgan fingerprint density at radius 3 is 2.44 bits per heavy atom. The minimum atomic E-state index is -0.0390. The van der Waals surface area contributed by atoms with Crippen LogP contribution in [-0.2, 0) is 16.1 Å². The van der Waals surface area contributed by atoms with E-state index in [0.717, 1.165) is 13.0 Å². The molecule has 0 saturated heterocycles. The molecule has 4 heteroatoms. The van der Waals surface area contributed by atoms with Gasteiger partial charge in [0, 0.05) is 41.8 Å². The van der Waals surface area contributed by atoms with E-state index in [1.54, 1.807) is 6.92 Å². The number of benzene rings is 1. The molecule has 3 aliphatic carbocycles. The average molecular weight is 437 g/mol. The number of nitrogens with one attached hydrogen (secondary N) is 1. The van der Waals surface area contributed by atoms with E-state index in [9.17, 15) is 4.79 Å². The van der Waals surface area contributed by atoms with E-state index >= 15 is 0 Å². The fraction of sp³-hybridized carbons (Fsp3) is 0.607. The molecule has 3 aliphatic rings. The third-order valence-electron chi connectivity index (χ3n) is 8.35. The average Bonchev–Trinajstić information content (AvgIpc) is 3.29. The number of rotatable bonds is 9. The fourth-order valence-corrected chi connectivity index (χ4v) is 7.18. The lowest BCUT2D eigenvalue weighted by atomic mass is 9.84. The van der Waals surface area contributed by atoms with E-state index in [0.29, 0.717) is 24.6 Å². The van der Waals surface area contributed by atoms with Gasteiger partial charge in [0.15, 0.2) is 0 Å². The summed E-state index contributed by atoms with van der Waals surface area (Å²) in [6.45, 7) is 14.7. The van der Waals surface area contributed by atoms with Crippen LogP contribution in [-0.4, -0.2) is 41.6 Å². The summed E-state index contributed by atoms with van der Waals surface area (Å²) >= 11 is 0. The summed E-state index contributed by atoms with van der Waals surface area (Å²) in [5, 5.41) is 3.38. The second kappa shape index (κ2) is 8.79. The summed E-state index contributed by atoms with van der Waals surface area (Å²) < 4.78 is 6.70. The SMILES string of the molecule is CC(=O)N[C@@H]1[C@@H](C)[C@H](OCc2ccccc2)[C@]23C=CC=C[C@H]2C13CCN(C(C)C)C(C)C. The zero-order valence-electron chi connectivity index (χ0n) is 20.5. The summed E-state index contributed by atoms with van der Waals surface area (Å²) in [4.78, 5) is 14.9. The molecule has 1 spiro atoms. The molecule has 6 atom stereocenters. The highest BCUT2D eigenvalue weighted by molar-refractivity contribution is 5.74. The number of ether oxygens (including phenoxy) is 1. The molecule has 0 aliphatic heterocycles. The van der Waals surface area contributed by atoms with Crippen molar-refractivity contribution < 1.29 is 9.53 Å². The zero-order chi connectivity index (χ0) is 23.1. The first-order chi connectivity index (χ1) is 15.3. The van der Waals surface area contributed by atoms with Crippen molar-refractivity contribution in [3.8, 4) is 0 Å². The van der Waals surface area contributed by atoms with Gasteiger partial charge in [-0.2, -0.15) is 0 Å². The van der Waals surface area contributed by atoms with E-state index in [4.69, 9.17) is 4.74 Å². The van der Waals surface area contributed by atoms with Crippen molar-refractivity contribution in [1.29, 1.82) is 0 Å². The number of carbonyl (C=O) groups excluding carboxylic acids is 1. The molecule has 174 valence electrons. The summed E-state index contributed by atoms with van der Waals surface area (Å²) in [6.07, 6.45) is 10.3. The van der Waals surface area contributed by atoms with Gasteiger partial charge in [-0.25, -0.2) is 0 Å². The third-order valence-corrected chi connectivity index (χ3v) is 8.35. The Bertz CT molecular complexity index is 869. The Morgan fingerprint density at radius 2 is 1.81 bits per heavy atom. The molecule has 0 heterocycles. The first-order valence-corrected chi connectivity index (χ1v) is 12.3. The largest absolute Gasteiger partial charge is 0.372 e. The summed E-state index contributed by atoms with van der Waals surface area (Å²) in [7, 11) is 0. The predicted molar refractivity (Wildman–Crippen MR) is 130 cm³/mol. The van der Waals surface area contributed by atoms with Crippen LogP contribution in [0.3, 0.4) is 0 Å². The molecule has 0 bridgehead atoms. The Kier molecular flexibility index (Phi) is 6.39. The second-order valence-corrected chi connectivity index (χ2v) is 10.6. The topological polar surface area (TPSA) is 41.6 Å². The van der Waals surface area contributed by atoms with Gasteiger partial charge >= 0.3 is 0 Å². The van der Waals surface area contributed by atoms with E-state index < -0.39 is 0 Å². The van der Waals surface area contributed by atoms with E-state index in [1.807, 2.05) is 6.07 Å². The standard InChI is InChI=1S/C28H40N2O2/c1-19(2)30(20(3)4)17-16-27-24-14-10-11-15-28(24,27)26(21(5)25(27)29-22(6)31)32-18-23-12-8-7-9-13-23/h7-15,19-21,24-26H,16-18H2,1-6H3,(H,29,31)/t21-,24+,25-,26+,27?,28+/m1/s1. The molecular formula is C28H40N2O2. The number of fused-ring (bicyclic) bond motifs is 1. The number of amides is 1. The highest BCUT2D eigenvalue weighted by Crippen LogP contribution is 2.82. The van der Waals surface area contributed by atoms with E-state index in [-0.39, 0.29) is 34.8 Å². The van der Waals surface area contributed by atoms with Gasteiger partial charge in [-0.3, -0.25) is 9.69 Å². The van der Waals surface area contributed by atoms with Crippen LogP contribution in [0.1, 0.15) is 53.5 Å². The van der Waals surface area contributed by atoms with Gasteiger partial charge in [-0.1, -0.05) is 61.6 Å². The van der Waals surface area contributed by atoms with Crippen molar-refractivity contribution in [2.24, 2.45) is 22.7 Å². The lowest BCUT2D eigenvalue weighted by Crippen LogP contribution is -2.47. The maximum atomic E-state index is 12.3. The van der Waals surface area contributed by atoms with E-state index in [2.05, 4.69) is 93.4 Å². The molecule has 4 nitrogen and oxygen atoms in total. The summed E-state index contributed by atoms with van der Waals surface area (Å²) in [5.41, 5.74) is 1.16. The molecule has 0 radical (unpaired) electrons. The van der Waals surface area contributed by atoms with Crippen molar-refractivity contribution in [1.82, 2.24) is 10.2 Å². The van der Waals surface area contributed by atoms with Gasteiger partial charge in [0.05, 0.1) is 12.7 Å². The van der Waals surface area contributed by atoms with Crippen molar-refractivity contribution in [2.45, 2.75) is 78.8 Å². The highest BCUT2D eigenvalue weighted by Gasteiger charge is 2.85. The zero-order valence-corrected chi connectivity index (χ0v) is 20.5. The highest BCUT2D eigenvalue weighted by atomic mass is 16.5. The molecular weight excluding hydrogens is 396 g/mol. The van der Waals surface area contributed by atoms with Gasteiger partial charge < -0.3 is 10.1 Å². The van der Waals surface area contributed by atoms with Crippen LogP contribution in [0.5, 0.6) is 0 Å². The Labute approximate surface area is 194 Å². The number of nitrogens with zero attached hydrogens (tertiary/aromatic N) is 1. The van der Waals surface area contributed by atoms with Crippen molar-refractivity contribution in [3.05, 3.63) is 60.2 Å². The van der Waals surface area contributed by atoms with Crippen LogP contribution in [0.2, 0.25) is 0 Å². The lowest BCUT2D eigenvalue weighted by Gasteiger charge is -2.35. The first kappa shape index (κ1) is 23.3. The third kappa shape index (κ3) is 3.56. The minimum Gasteiger partial charge on any atom is -0.372 e. The van der Waals surface area contributed by atoms with Crippen LogP contribution in [0, 0.1) is 22.7 Å². The van der Waals surface area contributed by atoms with Gasteiger partial charge in [-0.05, 0) is 52.1 Å². The Hall–Kier alpha value is -1.91. The van der Waals surface area contributed by atoms with Crippen molar-refractivity contribution >= 4 is 5.91 Å². The minimum absolute atomic E-state index is 0.00493. The maximum Gasteiger partial charge on any atom is 0.217 e. The number of allylic oxidation sites excluding steroid dienone is 3. The second-order valence-electron chi connectivity index (χ2n) is 10.6. The summed E-state index contributed by atoms with van der Waals surface area (Å²) in [5.74, 6) is 0.720. The Morgan fingerprint density at radius 1 is 1.12 bits per heavy atom. The molecule has 4 rings (SSSR count). The van der Waals surface area contributed by atoms with Gasteiger partial charge in [0.25, 0.3) is 0 Å².